The molecule has 0 spiro atoms. The van der Waals surface area contributed by atoms with Gasteiger partial charge < -0.3 is 15.4 Å². The molecule has 84 valence electrons. The molecule has 0 aliphatic carbocycles. The molecule has 1 saturated heterocycles. The lowest BCUT2D eigenvalue weighted by Crippen LogP contribution is -2.61. The quantitative estimate of drug-likeness (QED) is 0.744. The van der Waals surface area contributed by atoms with Gasteiger partial charge in [-0.2, -0.15) is 0 Å². The van der Waals surface area contributed by atoms with Gasteiger partial charge in [-0.1, -0.05) is 13.8 Å². The lowest BCUT2D eigenvalue weighted by Gasteiger charge is -2.61. The highest BCUT2D eigenvalue weighted by atomic mass is 16.5. The van der Waals surface area contributed by atoms with Crippen LogP contribution in [0.1, 0.15) is 53.4 Å². The molecule has 3 nitrogen and oxygen atoms in total. The van der Waals surface area contributed by atoms with Crippen molar-refractivity contribution in [2.45, 2.75) is 70.6 Å². The van der Waals surface area contributed by atoms with Gasteiger partial charge in [0.1, 0.15) is 0 Å². The molecule has 14 heavy (non-hydrogen) atoms. The molecule has 1 aliphatic rings. The van der Waals surface area contributed by atoms with Gasteiger partial charge in [0.05, 0.1) is 6.10 Å². The molecule has 1 fully saturated rings. The highest BCUT2D eigenvalue weighted by Crippen LogP contribution is 2.41. The van der Waals surface area contributed by atoms with Gasteiger partial charge in [0, 0.05) is 11.1 Å². The topological polar surface area (TPSA) is 46.5 Å². The first kappa shape index (κ1) is 12.0. The van der Waals surface area contributed by atoms with E-state index < -0.39 is 5.54 Å². The molecule has 3 heteroatoms. The van der Waals surface area contributed by atoms with E-state index in [-0.39, 0.29) is 11.6 Å². The Morgan fingerprint density at radius 2 is 1.79 bits per heavy atom. The summed E-state index contributed by atoms with van der Waals surface area (Å²) in [7, 11) is 0. The Hall–Kier alpha value is -0.120. The fourth-order valence-electron chi connectivity index (χ4n) is 2.72. The van der Waals surface area contributed by atoms with Gasteiger partial charge >= 0.3 is 0 Å². The summed E-state index contributed by atoms with van der Waals surface area (Å²) in [6, 6.07) is 0. The number of hydrogen-bond donors (Lipinski definition) is 1. The lowest BCUT2D eigenvalue weighted by molar-refractivity contribution is -0.0702. The van der Waals surface area contributed by atoms with Crippen LogP contribution in [0.15, 0.2) is 0 Å². The molecule has 0 aromatic carbocycles. The van der Waals surface area contributed by atoms with Crippen molar-refractivity contribution in [3.63, 3.8) is 0 Å². The summed E-state index contributed by atoms with van der Waals surface area (Å²) in [5.74, 6) is 0. The summed E-state index contributed by atoms with van der Waals surface area (Å²) < 4.78 is 0. The number of piperidine rings is 1. The van der Waals surface area contributed by atoms with Crippen LogP contribution in [0, 0.1) is 5.21 Å². The minimum Gasteiger partial charge on any atom is -0.784 e. The average Bonchev–Trinajstić information content (AvgIpc) is 2.11. The van der Waals surface area contributed by atoms with Crippen LogP contribution in [0.25, 0.3) is 0 Å². The Morgan fingerprint density at radius 3 is 2.21 bits per heavy atom. The van der Waals surface area contributed by atoms with Gasteiger partial charge in [0.25, 0.3) is 0 Å². The maximum atomic E-state index is 12.2. The molecule has 1 N–H and O–H groups in total. The Morgan fingerprint density at radius 1 is 1.29 bits per heavy atom. The van der Waals surface area contributed by atoms with Gasteiger partial charge in [0.15, 0.2) is 0 Å². The van der Waals surface area contributed by atoms with Gasteiger partial charge in [0.2, 0.25) is 0 Å². The minimum atomic E-state index is -0.427. The SMILES string of the molecule is CCC1(CC)CC(O)CC(C)(C)N1[O-]. The molecular weight excluding hydrogens is 178 g/mol. The number of rotatable bonds is 2. The zero-order chi connectivity index (χ0) is 11.0. The number of hydroxylamine groups is 2. The normalized spacial score (nSPS) is 31.7. The molecule has 0 aromatic rings. The third-order valence-corrected chi connectivity index (χ3v) is 3.65. The monoisotopic (exact) mass is 200 g/mol. The van der Waals surface area contributed by atoms with Crippen molar-refractivity contribution in [2.24, 2.45) is 0 Å². The van der Waals surface area contributed by atoms with Gasteiger partial charge in [-0.05, 0) is 39.5 Å². The van der Waals surface area contributed by atoms with Crippen LogP contribution in [-0.4, -0.2) is 27.4 Å². The predicted molar refractivity (Wildman–Crippen MR) is 57.8 cm³/mol. The maximum absolute atomic E-state index is 12.2. The molecular formula is C11H22NO2-. The summed E-state index contributed by atoms with van der Waals surface area (Å²) in [4.78, 5) is 0. The molecule has 0 bridgehead atoms. The first-order valence-electron chi connectivity index (χ1n) is 5.53. The van der Waals surface area contributed by atoms with Crippen molar-refractivity contribution < 1.29 is 5.11 Å². The first-order valence-corrected chi connectivity index (χ1v) is 5.53. The van der Waals surface area contributed by atoms with Crippen molar-refractivity contribution in [2.75, 3.05) is 0 Å². The van der Waals surface area contributed by atoms with Gasteiger partial charge in [-0.25, -0.2) is 0 Å². The van der Waals surface area contributed by atoms with Crippen molar-refractivity contribution >= 4 is 0 Å². The van der Waals surface area contributed by atoms with Gasteiger partial charge in [-0.3, -0.25) is 0 Å². The Balaban J connectivity index is 2.94. The number of nitrogens with zero attached hydrogens (tertiary/aromatic N) is 1. The molecule has 1 aliphatic heterocycles. The predicted octanol–water partition coefficient (Wildman–Crippen LogP) is 2.28. The van der Waals surface area contributed by atoms with Crippen LogP contribution in [0.4, 0.5) is 0 Å². The molecule has 1 rings (SSSR count). The van der Waals surface area contributed by atoms with Crippen molar-refractivity contribution in [1.82, 2.24) is 5.06 Å². The summed E-state index contributed by atoms with van der Waals surface area (Å²) in [6.07, 6.45) is 2.50. The van der Waals surface area contributed by atoms with E-state index in [2.05, 4.69) is 0 Å². The third kappa shape index (κ3) is 1.81. The van der Waals surface area contributed by atoms with E-state index in [9.17, 15) is 10.3 Å². The van der Waals surface area contributed by atoms with E-state index in [1.54, 1.807) is 0 Å². The lowest BCUT2D eigenvalue weighted by atomic mass is 9.75. The van der Waals surface area contributed by atoms with Crippen molar-refractivity contribution in [3.8, 4) is 0 Å². The smallest absolute Gasteiger partial charge is 0.0574 e. The summed E-state index contributed by atoms with van der Waals surface area (Å²) in [5, 5.41) is 23.2. The largest absolute Gasteiger partial charge is 0.784 e. The van der Waals surface area contributed by atoms with Crippen LogP contribution in [0.3, 0.4) is 0 Å². The molecule has 0 saturated carbocycles. The zero-order valence-corrected chi connectivity index (χ0v) is 9.71. The zero-order valence-electron chi connectivity index (χ0n) is 9.71. The molecule has 1 unspecified atom stereocenters. The van der Waals surface area contributed by atoms with Crippen LogP contribution >= 0.6 is 0 Å². The summed E-state index contributed by atoms with van der Waals surface area (Å²) in [6.45, 7) is 7.90. The Labute approximate surface area is 86.7 Å². The number of aliphatic hydroxyl groups is 1. The third-order valence-electron chi connectivity index (χ3n) is 3.65. The highest BCUT2D eigenvalue weighted by molar-refractivity contribution is 5.03. The van der Waals surface area contributed by atoms with Crippen LogP contribution in [0.5, 0.6) is 0 Å². The molecule has 1 atom stereocenters. The first-order chi connectivity index (χ1) is 6.38. The van der Waals surface area contributed by atoms with E-state index in [0.717, 1.165) is 12.8 Å². The number of aliphatic hydroxyl groups excluding tert-OH is 1. The van der Waals surface area contributed by atoms with Crippen LogP contribution in [0.2, 0.25) is 0 Å². The highest BCUT2D eigenvalue weighted by Gasteiger charge is 2.42. The number of hydrogen-bond acceptors (Lipinski definition) is 3. The fourth-order valence-corrected chi connectivity index (χ4v) is 2.72. The molecule has 0 aromatic heterocycles. The Bertz CT molecular complexity index is 199. The second kappa shape index (κ2) is 3.80. The Kier molecular flexibility index (Phi) is 3.24. The van der Waals surface area contributed by atoms with E-state index in [0.29, 0.717) is 12.8 Å². The van der Waals surface area contributed by atoms with Gasteiger partial charge in [-0.15, -0.1) is 0 Å². The summed E-state index contributed by atoms with van der Waals surface area (Å²) >= 11 is 0. The van der Waals surface area contributed by atoms with Crippen LogP contribution < -0.4 is 0 Å². The maximum Gasteiger partial charge on any atom is 0.0574 e. The second-order valence-electron chi connectivity index (χ2n) is 5.10. The van der Waals surface area contributed by atoms with Crippen molar-refractivity contribution in [1.29, 1.82) is 0 Å². The fraction of sp³-hybridized carbons (Fsp3) is 1.00. The van der Waals surface area contributed by atoms with E-state index in [1.165, 1.54) is 5.06 Å². The van der Waals surface area contributed by atoms with Crippen molar-refractivity contribution in [3.05, 3.63) is 5.21 Å². The van der Waals surface area contributed by atoms with E-state index in [1.807, 2.05) is 27.7 Å². The second-order valence-corrected chi connectivity index (χ2v) is 5.10. The van der Waals surface area contributed by atoms with Crippen LogP contribution in [-0.2, 0) is 0 Å². The van der Waals surface area contributed by atoms with E-state index >= 15 is 0 Å². The molecule has 0 radical (unpaired) electrons. The molecule has 0 amide bonds. The summed E-state index contributed by atoms with van der Waals surface area (Å²) in [5.41, 5.74) is -0.773. The molecule has 1 heterocycles. The van der Waals surface area contributed by atoms with E-state index in [4.69, 9.17) is 0 Å². The minimum absolute atomic E-state index is 0.324. The average molecular weight is 200 g/mol. The standard InChI is InChI=1S/C11H22NO2/c1-5-11(6-2)8-9(13)7-10(3,4)12(11)14/h9,13H,5-8H2,1-4H3/q-1.